The number of rotatable bonds is 7. The summed E-state index contributed by atoms with van der Waals surface area (Å²) >= 11 is 1.44. The van der Waals surface area contributed by atoms with Crippen LogP contribution in [0.3, 0.4) is 0 Å². The lowest BCUT2D eigenvalue weighted by molar-refractivity contribution is -0.385. The van der Waals surface area contributed by atoms with Gasteiger partial charge in [-0.1, -0.05) is 6.92 Å². The molecule has 1 aromatic carbocycles. The van der Waals surface area contributed by atoms with Crippen molar-refractivity contribution in [3.05, 3.63) is 52.6 Å². The van der Waals surface area contributed by atoms with Crippen molar-refractivity contribution in [1.29, 1.82) is 0 Å². The summed E-state index contributed by atoms with van der Waals surface area (Å²) in [6, 6.07) is 4.57. The van der Waals surface area contributed by atoms with Gasteiger partial charge in [0.1, 0.15) is 5.56 Å². The molecule has 0 aliphatic carbocycles. The molecule has 7 nitrogen and oxygen atoms in total. The van der Waals surface area contributed by atoms with E-state index in [2.05, 4.69) is 10.3 Å². The van der Waals surface area contributed by atoms with Gasteiger partial charge in [-0.05, 0) is 24.3 Å². The molecule has 2 aromatic rings. The van der Waals surface area contributed by atoms with Crippen LogP contribution in [-0.4, -0.2) is 33.2 Å². The monoisotopic (exact) mass is 334 g/mol. The third-order valence-electron chi connectivity index (χ3n) is 3.34. The Hall–Kier alpha value is -2.35. The molecule has 1 aromatic heterocycles. The van der Waals surface area contributed by atoms with Crippen molar-refractivity contribution in [2.75, 3.05) is 12.8 Å². The first-order valence-electron chi connectivity index (χ1n) is 7.07. The van der Waals surface area contributed by atoms with Gasteiger partial charge in [0.15, 0.2) is 0 Å². The number of carbonyl (C=O) groups excluding carboxylic acids is 1. The number of nitrogens with one attached hydrogen (secondary N) is 1. The molecule has 122 valence electrons. The number of hydrogen-bond donors (Lipinski definition) is 1. The summed E-state index contributed by atoms with van der Waals surface area (Å²) in [6.45, 7) is 3.14. The van der Waals surface area contributed by atoms with Gasteiger partial charge >= 0.3 is 0 Å². The summed E-state index contributed by atoms with van der Waals surface area (Å²) in [7, 11) is 0. The Labute approximate surface area is 138 Å². The van der Waals surface area contributed by atoms with Crippen LogP contribution in [0.2, 0.25) is 0 Å². The number of carbonyl (C=O) groups is 1. The number of amides is 1. The minimum absolute atomic E-state index is 0.0941. The van der Waals surface area contributed by atoms with E-state index in [1.54, 1.807) is 24.7 Å². The van der Waals surface area contributed by atoms with Crippen molar-refractivity contribution in [3.63, 3.8) is 0 Å². The Bertz CT molecular complexity index is 688. The van der Waals surface area contributed by atoms with Crippen molar-refractivity contribution in [2.45, 2.75) is 18.4 Å². The molecule has 23 heavy (non-hydrogen) atoms. The van der Waals surface area contributed by atoms with E-state index in [9.17, 15) is 14.9 Å². The number of benzene rings is 1. The average molecular weight is 334 g/mol. The van der Waals surface area contributed by atoms with Gasteiger partial charge in [0, 0.05) is 36.4 Å². The smallest absolute Gasteiger partial charge is 0.282 e. The molecule has 0 bridgehead atoms. The third-order valence-corrected chi connectivity index (χ3v) is 4.06. The standard InChI is InChI=1S/C15H18N4O3S/c1-11(9-18-6-5-16-10-18)8-17-15(20)13-7-12(23-2)3-4-14(13)19(21)22/h3-7,10-11H,8-9H2,1-2H3,(H,17,20)/t11-/m1/s1. The number of thioether (sulfide) groups is 1. The molecule has 1 N–H and O–H groups in total. The fourth-order valence-corrected chi connectivity index (χ4v) is 2.60. The molecule has 0 radical (unpaired) electrons. The zero-order valence-electron chi connectivity index (χ0n) is 12.9. The van der Waals surface area contributed by atoms with E-state index in [0.29, 0.717) is 13.1 Å². The van der Waals surface area contributed by atoms with Crippen LogP contribution in [-0.2, 0) is 6.54 Å². The fourth-order valence-electron chi connectivity index (χ4n) is 2.16. The van der Waals surface area contributed by atoms with Crippen LogP contribution in [0.15, 0.2) is 41.8 Å². The Balaban J connectivity index is 2.03. The van der Waals surface area contributed by atoms with Crippen LogP contribution < -0.4 is 5.32 Å². The Morgan fingerprint density at radius 1 is 1.52 bits per heavy atom. The Morgan fingerprint density at radius 2 is 2.30 bits per heavy atom. The minimum Gasteiger partial charge on any atom is -0.351 e. The molecular weight excluding hydrogens is 316 g/mol. The van der Waals surface area contributed by atoms with Gasteiger partial charge in [0.25, 0.3) is 11.6 Å². The second-order valence-corrected chi connectivity index (χ2v) is 6.09. The zero-order chi connectivity index (χ0) is 16.8. The SMILES string of the molecule is CSc1ccc([N+](=O)[O-])c(C(=O)NC[C@@H](C)Cn2ccnc2)c1. The lowest BCUT2D eigenvalue weighted by atomic mass is 10.1. The predicted octanol–water partition coefficient (Wildman–Crippen LogP) is 2.58. The third kappa shape index (κ3) is 4.56. The molecule has 0 saturated carbocycles. The van der Waals surface area contributed by atoms with Gasteiger partial charge in [-0.15, -0.1) is 11.8 Å². The average Bonchev–Trinajstić information content (AvgIpc) is 3.04. The highest BCUT2D eigenvalue weighted by Crippen LogP contribution is 2.24. The second kappa shape index (κ2) is 7.77. The highest BCUT2D eigenvalue weighted by molar-refractivity contribution is 7.98. The second-order valence-electron chi connectivity index (χ2n) is 5.21. The van der Waals surface area contributed by atoms with Gasteiger partial charge in [-0.3, -0.25) is 14.9 Å². The zero-order valence-corrected chi connectivity index (χ0v) is 13.7. The van der Waals surface area contributed by atoms with Crippen molar-refractivity contribution >= 4 is 23.4 Å². The van der Waals surface area contributed by atoms with Crippen LogP contribution in [0.25, 0.3) is 0 Å². The molecule has 1 atom stereocenters. The summed E-state index contributed by atoms with van der Waals surface area (Å²) < 4.78 is 1.92. The topological polar surface area (TPSA) is 90.1 Å². The van der Waals surface area contributed by atoms with E-state index >= 15 is 0 Å². The first-order chi connectivity index (χ1) is 11.0. The Morgan fingerprint density at radius 3 is 2.91 bits per heavy atom. The van der Waals surface area contributed by atoms with Crippen molar-refractivity contribution in [3.8, 4) is 0 Å². The molecule has 0 spiro atoms. The van der Waals surface area contributed by atoms with E-state index in [4.69, 9.17) is 0 Å². The number of hydrogen-bond acceptors (Lipinski definition) is 5. The number of nitro benzene ring substituents is 1. The van der Waals surface area contributed by atoms with Crippen molar-refractivity contribution in [2.24, 2.45) is 5.92 Å². The maximum Gasteiger partial charge on any atom is 0.282 e. The molecular formula is C15H18N4O3S. The molecule has 0 unspecified atom stereocenters. The first kappa shape index (κ1) is 17.0. The fraction of sp³-hybridized carbons (Fsp3) is 0.333. The van der Waals surface area contributed by atoms with Gasteiger partial charge < -0.3 is 9.88 Å². The highest BCUT2D eigenvalue weighted by Gasteiger charge is 2.20. The van der Waals surface area contributed by atoms with E-state index in [1.165, 1.54) is 17.8 Å². The molecule has 8 heteroatoms. The number of nitro groups is 1. The predicted molar refractivity (Wildman–Crippen MR) is 88.6 cm³/mol. The summed E-state index contributed by atoms with van der Waals surface area (Å²) in [5.41, 5.74) is -0.0840. The maximum atomic E-state index is 12.3. The van der Waals surface area contributed by atoms with Gasteiger partial charge in [0.2, 0.25) is 0 Å². The van der Waals surface area contributed by atoms with Crippen molar-refractivity contribution in [1.82, 2.24) is 14.9 Å². The van der Waals surface area contributed by atoms with Crippen LogP contribution in [0, 0.1) is 16.0 Å². The summed E-state index contributed by atoms with van der Waals surface area (Å²) in [5, 5.41) is 13.9. The van der Waals surface area contributed by atoms with E-state index in [-0.39, 0.29) is 17.2 Å². The van der Waals surface area contributed by atoms with E-state index < -0.39 is 10.8 Å². The van der Waals surface area contributed by atoms with Gasteiger partial charge in [0.05, 0.1) is 11.3 Å². The molecule has 1 heterocycles. The van der Waals surface area contributed by atoms with Gasteiger partial charge in [-0.2, -0.15) is 0 Å². The molecule has 0 aliphatic rings. The maximum absolute atomic E-state index is 12.3. The molecule has 0 saturated heterocycles. The van der Waals surface area contributed by atoms with E-state index in [0.717, 1.165) is 4.90 Å². The lowest BCUT2D eigenvalue weighted by Crippen LogP contribution is -2.30. The van der Waals surface area contributed by atoms with Crippen LogP contribution in [0.5, 0.6) is 0 Å². The molecule has 1 amide bonds. The largest absolute Gasteiger partial charge is 0.351 e. The van der Waals surface area contributed by atoms with Gasteiger partial charge in [-0.25, -0.2) is 4.98 Å². The number of imidazole rings is 1. The highest BCUT2D eigenvalue weighted by atomic mass is 32.2. The number of aromatic nitrogens is 2. The quantitative estimate of drug-likeness (QED) is 0.477. The summed E-state index contributed by atoms with van der Waals surface area (Å²) in [4.78, 5) is 27.6. The summed E-state index contributed by atoms with van der Waals surface area (Å²) in [6.07, 6.45) is 7.12. The van der Waals surface area contributed by atoms with Crippen LogP contribution >= 0.6 is 11.8 Å². The van der Waals surface area contributed by atoms with E-state index in [1.807, 2.05) is 23.9 Å². The Kier molecular flexibility index (Phi) is 5.75. The van der Waals surface area contributed by atoms with Crippen LogP contribution in [0.4, 0.5) is 5.69 Å². The normalized spacial score (nSPS) is 11.9. The van der Waals surface area contributed by atoms with Crippen LogP contribution in [0.1, 0.15) is 17.3 Å². The molecule has 0 aliphatic heterocycles. The van der Waals surface area contributed by atoms with Crippen molar-refractivity contribution < 1.29 is 9.72 Å². The lowest BCUT2D eigenvalue weighted by Gasteiger charge is -2.13. The molecule has 0 fully saturated rings. The minimum atomic E-state index is -0.534. The summed E-state index contributed by atoms with van der Waals surface area (Å²) in [5.74, 6) is -0.249. The molecule has 2 rings (SSSR count). The first-order valence-corrected chi connectivity index (χ1v) is 8.30. The number of nitrogens with zero attached hydrogens (tertiary/aromatic N) is 3.